The van der Waals surface area contributed by atoms with E-state index in [0.717, 1.165) is 22.4 Å². The lowest BCUT2D eigenvalue weighted by molar-refractivity contribution is -0.120. The van der Waals surface area contributed by atoms with Crippen LogP contribution >= 0.6 is 11.8 Å². The van der Waals surface area contributed by atoms with Crippen LogP contribution in [0.2, 0.25) is 0 Å². The molecular formula is C20H18F3N3O2S. The summed E-state index contributed by atoms with van der Waals surface area (Å²) >= 11 is -0.233. The summed E-state index contributed by atoms with van der Waals surface area (Å²) in [6.45, 7) is 2.30. The van der Waals surface area contributed by atoms with E-state index in [1.54, 1.807) is 17.3 Å². The minimum Gasteiger partial charge on any atom is -0.305 e. The number of hydrogen-bond acceptors (Lipinski definition) is 4. The van der Waals surface area contributed by atoms with Gasteiger partial charge in [0, 0.05) is 23.8 Å². The molecule has 2 fully saturated rings. The molecule has 0 radical (unpaired) electrons. The Bertz CT molecular complexity index is 958. The van der Waals surface area contributed by atoms with Gasteiger partial charge in [-0.15, -0.1) is 0 Å². The number of benzene rings is 1. The molecule has 152 valence electrons. The molecule has 29 heavy (non-hydrogen) atoms. The van der Waals surface area contributed by atoms with Gasteiger partial charge in [0.2, 0.25) is 0 Å². The van der Waals surface area contributed by atoms with Crippen LogP contribution in [-0.4, -0.2) is 32.9 Å². The number of nitrogens with zero attached hydrogens (tertiary/aromatic N) is 3. The minimum absolute atomic E-state index is 0.00251. The molecule has 0 N–H and O–H groups in total. The molecule has 5 nitrogen and oxygen atoms in total. The van der Waals surface area contributed by atoms with Gasteiger partial charge in [0.1, 0.15) is 5.54 Å². The normalized spacial score (nSPS) is 18.1. The lowest BCUT2D eigenvalue weighted by atomic mass is 10.1. The van der Waals surface area contributed by atoms with E-state index < -0.39 is 17.1 Å². The van der Waals surface area contributed by atoms with Crippen LogP contribution in [-0.2, 0) is 17.8 Å². The van der Waals surface area contributed by atoms with E-state index in [-0.39, 0.29) is 28.3 Å². The maximum Gasteiger partial charge on any atom is 0.446 e. The second-order valence-corrected chi connectivity index (χ2v) is 8.22. The molecular weight excluding hydrogens is 403 g/mol. The molecule has 0 bridgehead atoms. The summed E-state index contributed by atoms with van der Waals surface area (Å²) in [5.74, 6) is -0.314. The summed E-state index contributed by atoms with van der Waals surface area (Å²) in [6.07, 6.45) is 5.34. The van der Waals surface area contributed by atoms with E-state index >= 15 is 0 Å². The van der Waals surface area contributed by atoms with Crippen LogP contribution in [0.3, 0.4) is 0 Å². The quantitative estimate of drug-likeness (QED) is 0.516. The van der Waals surface area contributed by atoms with Crippen molar-refractivity contribution < 1.29 is 22.8 Å². The standard InChI is InChI=1S/C20H18F3N3O2S/c1-2-13-11-24-10-7-14(13)12-25-18(28)26(17(27)19(25)8-9-19)15-3-5-16(6-4-15)29-20(21,22)23/h3-7,10-11H,2,8-9,12H2,1H3. The molecule has 4 rings (SSSR count). The smallest absolute Gasteiger partial charge is 0.305 e. The van der Waals surface area contributed by atoms with Crippen molar-refractivity contribution in [3.63, 3.8) is 0 Å². The molecule has 2 aromatic rings. The third-order valence-corrected chi connectivity index (χ3v) is 6.05. The summed E-state index contributed by atoms with van der Waals surface area (Å²) in [7, 11) is 0. The van der Waals surface area contributed by atoms with Gasteiger partial charge in [0.15, 0.2) is 0 Å². The Morgan fingerprint density at radius 3 is 2.38 bits per heavy atom. The van der Waals surface area contributed by atoms with Crippen LogP contribution in [0, 0.1) is 0 Å². The van der Waals surface area contributed by atoms with Crippen LogP contribution < -0.4 is 4.90 Å². The molecule has 9 heteroatoms. The highest BCUT2D eigenvalue weighted by Gasteiger charge is 2.65. The van der Waals surface area contributed by atoms with Crippen LogP contribution in [0.1, 0.15) is 30.9 Å². The average molecular weight is 421 g/mol. The zero-order valence-corrected chi connectivity index (χ0v) is 16.4. The van der Waals surface area contributed by atoms with Crippen LogP contribution in [0.15, 0.2) is 47.6 Å². The van der Waals surface area contributed by atoms with Crippen molar-refractivity contribution in [3.05, 3.63) is 53.9 Å². The number of halogens is 3. The fraction of sp³-hybridized carbons (Fsp3) is 0.350. The second-order valence-electron chi connectivity index (χ2n) is 7.08. The minimum atomic E-state index is -4.39. The van der Waals surface area contributed by atoms with Gasteiger partial charge < -0.3 is 4.90 Å². The number of aryl methyl sites for hydroxylation is 1. The van der Waals surface area contributed by atoms with E-state index in [4.69, 9.17) is 0 Å². The van der Waals surface area contributed by atoms with Crippen LogP contribution in [0.4, 0.5) is 23.7 Å². The Balaban J connectivity index is 1.60. The zero-order valence-electron chi connectivity index (χ0n) is 15.6. The Kier molecular flexibility index (Phi) is 4.80. The van der Waals surface area contributed by atoms with Crippen molar-refractivity contribution in [2.75, 3.05) is 4.90 Å². The Labute approximate surface area is 169 Å². The first-order valence-corrected chi connectivity index (χ1v) is 10.0. The van der Waals surface area contributed by atoms with E-state index in [0.29, 0.717) is 19.4 Å². The lowest BCUT2D eigenvalue weighted by Crippen LogP contribution is -2.36. The number of imide groups is 1. The molecule has 1 spiro atoms. The zero-order chi connectivity index (χ0) is 20.8. The number of urea groups is 1. The highest BCUT2D eigenvalue weighted by molar-refractivity contribution is 8.00. The molecule has 1 aromatic heterocycles. The van der Waals surface area contributed by atoms with Crippen molar-refractivity contribution in [1.29, 1.82) is 0 Å². The average Bonchev–Trinajstić information content (AvgIpc) is 3.45. The largest absolute Gasteiger partial charge is 0.446 e. The van der Waals surface area contributed by atoms with Gasteiger partial charge >= 0.3 is 11.5 Å². The van der Waals surface area contributed by atoms with Crippen molar-refractivity contribution in [2.45, 2.75) is 48.7 Å². The first-order valence-electron chi connectivity index (χ1n) is 9.19. The summed E-state index contributed by atoms with van der Waals surface area (Å²) in [6, 6.07) is 6.71. The summed E-state index contributed by atoms with van der Waals surface area (Å²) in [5, 5.41) is 0. The maximum atomic E-state index is 13.1. The molecule has 1 saturated heterocycles. The first-order chi connectivity index (χ1) is 13.7. The van der Waals surface area contributed by atoms with Crippen molar-refractivity contribution in [3.8, 4) is 0 Å². The molecule has 1 aliphatic heterocycles. The SMILES string of the molecule is CCc1cnccc1CN1C(=O)N(c2ccc(SC(F)(F)F)cc2)C(=O)C12CC2. The van der Waals surface area contributed by atoms with E-state index in [1.165, 1.54) is 24.3 Å². The molecule has 0 atom stereocenters. The maximum absolute atomic E-state index is 13.1. The molecule has 0 unspecified atom stereocenters. The monoisotopic (exact) mass is 421 g/mol. The molecule has 1 aromatic carbocycles. The van der Waals surface area contributed by atoms with Gasteiger partial charge in [0.25, 0.3) is 5.91 Å². The number of alkyl halides is 3. The van der Waals surface area contributed by atoms with Gasteiger partial charge in [0.05, 0.1) is 5.69 Å². The molecule has 2 heterocycles. The van der Waals surface area contributed by atoms with Gasteiger partial charge in [-0.05, 0) is 72.5 Å². The number of thioether (sulfide) groups is 1. The topological polar surface area (TPSA) is 53.5 Å². The molecule has 2 aliphatic rings. The van der Waals surface area contributed by atoms with E-state index in [2.05, 4.69) is 4.98 Å². The van der Waals surface area contributed by atoms with E-state index in [1.807, 2.05) is 13.0 Å². The predicted octanol–water partition coefficient (Wildman–Crippen LogP) is 4.76. The van der Waals surface area contributed by atoms with Gasteiger partial charge in [-0.2, -0.15) is 13.2 Å². The molecule has 3 amide bonds. The van der Waals surface area contributed by atoms with Gasteiger partial charge in [-0.25, -0.2) is 9.69 Å². The third kappa shape index (κ3) is 3.59. The first kappa shape index (κ1) is 19.8. The van der Waals surface area contributed by atoms with Crippen molar-refractivity contribution >= 4 is 29.4 Å². The number of carbonyl (C=O) groups is 2. The number of rotatable bonds is 5. The third-order valence-electron chi connectivity index (χ3n) is 5.31. The number of pyridine rings is 1. The number of hydrogen-bond donors (Lipinski definition) is 0. The van der Waals surface area contributed by atoms with Gasteiger partial charge in [-0.1, -0.05) is 6.92 Å². The second kappa shape index (κ2) is 7.05. The number of amides is 3. The number of aromatic nitrogens is 1. The predicted molar refractivity (Wildman–Crippen MR) is 102 cm³/mol. The fourth-order valence-corrected chi connectivity index (χ4v) is 4.20. The highest BCUT2D eigenvalue weighted by atomic mass is 32.2. The van der Waals surface area contributed by atoms with Crippen LogP contribution in [0.25, 0.3) is 0 Å². The van der Waals surface area contributed by atoms with Gasteiger partial charge in [-0.3, -0.25) is 9.78 Å². The Hall–Kier alpha value is -2.55. The summed E-state index contributed by atoms with van der Waals surface area (Å²) in [5.41, 5.74) is -3.00. The Morgan fingerprint density at radius 2 is 1.79 bits per heavy atom. The number of carbonyl (C=O) groups excluding carboxylic acids is 2. The molecule has 1 aliphatic carbocycles. The summed E-state index contributed by atoms with van der Waals surface area (Å²) in [4.78, 5) is 32.9. The lowest BCUT2D eigenvalue weighted by Gasteiger charge is -2.22. The van der Waals surface area contributed by atoms with Crippen molar-refractivity contribution in [2.24, 2.45) is 0 Å². The Morgan fingerprint density at radius 1 is 1.10 bits per heavy atom. The summed E-state index contributed by atoms with van der Waals surface area (Å²) < 4.78 is 37.6. The number of anilines is 1. The fourth-order valence-electron chi connectivity index (χ4n) is 3.66. The van der Waals surface area contributed by atoms with Crippen LogP contribution in [0.5, 0.6) is 0 Å². The molecule has 1 saturated carbocycles. The van der Waals surface area contributed by atoms with Crippen molar-refractivity contribution in [1.82, 2.24) is 9.88 Å². The van der Waals surface area contributed by atoms with E-state index in [9.17, 15) is 22.8 Å². The highest BCUT2D eigenvalue weighted by Crippen LogP contribution is 2.50.